The minimum Gasteiger partial charge on any atom is -0.458 e. The second kappa shape index (κ2) is 8.11. The Morgan fingerprint density at radius 1 is 0.909 bits per heavy atom. The molecule has 5 nitrogen and oxygen atoms in total. The fourth-order valence-electron chi connectivity index (χ4n) is 7.94. The van der Waals surface area contributed by atoms with E-state index in [0.29, 0.717) is 23.3 Å². The van der Waals surface area contributed by atoms with Crippen LogP contribution in [0.25, 0.3) is 0 Å². The van der Waals surface area contributed by atoms with E-state index in [1.165, 1.54) is 6.92 Å². The summed E-state index contributed by atoms with van der Waals surface area (Å²) in [6.45, 7) is 5.97. The van der Waals surface area contributed by atoms with Gasteiger partial charge in [0.1, 0.15) is 6.10 Å². The Morgan fingerprint density at radius 3 is 2.36 bits per heavy atom. The van der Waals surface area contributed by atoms with Gasteiger partial charge in [0.25, 0.3) is 0 Å². The van der Waals surface area contributed by atoms with Crippen LogP contribution in [0.4, 0.5) is 0 Å². The maximum absolute atomic E-state index is 12.8. The lowest BCUT2D eigenvalue weighted by Crippen LogP contribution is -2.57. The Kier molecular flexibility index (Phi) is 5.49. The summed E-state index contributed by atoms with van der Waals surface area (Å²) in [5.41, 5.74) is 0.440. The van der Waals surface area contributed by atoms with Crippen LogP contribution in [0.3, 0.4) is 0 Å². The number of hydrogen-bond acceptors (Lipinski definition) is 5. The van der Waals surface area contributed by atoms with E-state index in [1.807, 2.05) is 30.3 Å². The summed E-state index contributed by atoms with van der Waals surface area (Å²) in [5, 5.41) is 0. The largest absolute Gasteiger partial charge is 0.458 e. The predicted molar refractivity (Wildman–Crippen MR) is 123 cm³/mol. The zero-order chi connectivity index (χ0) is 23.4. The minimum atomic E-state index is -0.657. The monoisotopic (exact) mass is 450 g/mol. The SMILES string of the molecule is CC(=O)O[C@@H]1C(=O)C=C[C@]2(C)[C@H]3CC[C@]4(C)[C@@H](OC(=O)c5ccccc5)CC[C@H]4[C@@H]3CC[C@@H]12. The van der Waals surface area contributed by atoms with E-state index in [2.05, 4.69) is 19.9 Å². The Labute approximate surface area is 195 Å². The van der Waals surface area contributed by atoms with E-state index in [1.54, 1.807) is 6.08 Å². The highest BCUT2D eigenvalue weighted by Crippen LogP contribution is 2.65. The molecule has 0 aliphatic heterocycles. The molecule has 1 aromatic carbocycles. The van der Waals surface area contributed by atoms with Crippen LogP contribution in [0, 0.1) is 34.5 Å². The van der Waals surface area contributed by atoms with Gasteiger partial charge in [0.2, 0.25) is 0 Å². The summed E-state index contributed by atoms with van der Waals surface area (Å²) in [6, 6.07) is 9.26. The molecule has 5 rings (SSSR count). The quantitative estimate of drug-likeness (QED) is 0.596. The molecule has 8 atom stereocenters. The van der Waals surface area contributed by atoms with Crippen molar-refractivity contribution >= 4 is 17.7 Å². The summed E-state index contributed by atoms with van der Waals surface area (Å²) < 4.78 is 11.6. The molecule has 1 aromatic rings. The van der Waals surface area contributed by atoms with Crippen LogP contribution < -0.4 is 0 Å². The van der Waals surface area contributed by atoms with E-state index in [4.69, 9.17) is 9.47 Å². The molecule has 0 radical (unpaired) electrons. The van der Waals surface area contributed by atoms with Crippen LogP contribution >= 0.6 is 0 Å². The van der Waals surface area contributed by atoms with Gasteiger partial charge in [0.05, 0.1) is 5.56 Å². The number of carbonyl (C=O) groups excluding carboxylic acids is 3. The average Bonchev–Trinajstić information content (AvgIpc) is 3.12. The van der Waals surface area contributed by atoms with Gasteiger partial charge >= 0.3 is 11.9 Å². The standard InChI is InChI=1S/C28H34O5/c1-17(29)32-25-22-10-9-19-20-11-12-24(33-26(31)18-7-5-4-6-8-18)28(20,3)15-13-21(19)27(22,2)16-14-23(25)30/h4-8,14,16,19-22,24-25H,9-13,15H2,1-3H3/t19-,20-,21-,22-,24-,25-,27+,28-/m0/s1. The number of esters is 2. The van der Waals surface area contributed by atoms with E-state index in [0.717, 1.165) is 38.5 Å². The third-order valence-electron chi connectivity index (χ3n) is 9.56. The highest BCUT2D eigenvalue weighted by Gasteiger charge is 2.62. The molecule has 0 aromatic heterocycles. The van der Waals surface area contributed by atoms with Gasteiger partial charge in [-0.1, -0.05) is 38.1 Å². The maximum Gasteiger partial charge on any atom is 0.338 e. The van der Waals surface area contributed by atoms with Crippen LogP contribution in [-0.2, 0) is 19.1 Å². The molecular weight excluding hydrogens is 416 g/mol. The summed E-state index contributed by atoms with van der Waals surface area (Å²) in [4.78, 5) is 37.1. The van der Waals surface area contributed by atoms with Crippen molar-refractivity contribution in [2.45, 2.75) is 71.5 Å². The van der Waals surface area contributed by atoms with Gasteiger partial charge in [-0.3, -0.25) is 9.59 Å². The predicted octanol–water partition coefficient (Wildman–Crippen LogP) is 5.14. The molecule has 33 heavy (non-hydrogen) atoms. The third kappa shape index (κ3) is 3.55. The van der Waals surface area contributed by atoms with Crippen LogP contribution in [0.5, 0.6) is 0 Å². The number of carbonyl (C=O) groups is 3. The molecule has 5 heteroatoms. The first-order valence-corrected chi connectivity index (χ1v) is 12.4. The van der Waals surface area contributed by atoms with Gasteiger partial charge in [-0.2, -0.15) is 0 Å². The highest BCUT2D eigenvalue weighted by atomic mass is 16.5. The summed E-state index contributed by atoms with van der Waals surface area (Å²) >= 11 is 0. The van der Waals surface area contributed by atoms with Crippen LogP contribution in [-0.4, -0.2) is 29.9 Å². The molecule has 0 N–H and O–H groups in total. The summed E-state index contributed by atoms with van der Waals surface area (Å²) in [7, 11) is 0. The van der Waals surface area contributed by atoms with Gasteiger partial charge < -0.3 is 9.47 Å². The molecule has 0 bridgehead atoms. The molecule has 4 aliphatic carbocycles. The number of allylic oxidation sites excluding steroid dienone is 1. The molecule has 0 saturated heterocycles. The van der Waals surface area contributed by atoms with Gasteiger partial charge in [-0.15, -0.1) is 0 Å². The van der Waals surface area contributed by atoms with Crippen molar-refractivity contribution in [1.29, 1.82) is 0 Å². The van der Waals surface area contributed by atoms with E-state index in [9.17, 15) is 14.4 Å². The van der Waals surface area contributed by atoms with Crippen molar-refractivity contribution in [3.63, 3.8) is 0 Å². The first kappa shape index (κ1) is 22.4. The number of hydrogen-bond donors (Lipinski definition) is 0. The van der Waals surface area contributed by atoms with Gasteiger partial charge in [-0.05, 0) is 79.9 Å². The zero-order valence-corrected chi connectivity index (χ0v) is 19.8. The number of fused-ring (bicyclic) bond motifs is 5. The Hall–Kier alpha value is -2.43. The van der Waals surface area contributed by atoms with Crippen molar-refractivity contribution in [2.24, 2.45) is 34.5 Å². The van der Waals surface area contributed by atoms with Gasteiger partial charge in [-0.25, -0.2) is 4.79 Å². The lowest BCUT2D eigenvalue weighted by Gasteiger charge is -2.59. The van der Waals surface area contributed by atoms with Crippen LogP contribution in [0.1, 0.15) is 69.7 Å². The van der Waals surface area contributed by atoms with Crippen molar-refractivity contribution < 1.29 is 23.9 Å². The number of ketones is 1. The lowest BCUT2D eigenvalue weighted by atomic mass is 9.46. The molecule has 0 amide bonds. The fraction of sp³-hybridized carbons (Fsp3) is 0.607. The summed E-state index contributed by atoms with van der Waals surface area (Å²) in [6.07, 6.45) is 8.99. The second-order valence-electron chi connectivity index (χ2n) is 11.1. The lowest BCUT2D eigenvalue weighted by molar-refractivity contribution is -0.167. The molecule has 176 valence electrons. The fourth-order valence-corrected chi connectivity index (χ4v) is 7.94. The van der Waals surface area contributed by atoms with E-state index in [-0.39, 0.29) is 40.6 Å². The summed E-state index contributed by atoms with van der Waals surface area (Å²) in [5.74, 6) is 0.821. The van der Waals surface area contributed by atoms with E-state index >= 15 is 0 Å². The molecule has 0 heterocycles. The first-order valence-electron chi connectivity index (χ1n) is 12.4. The van der Waals surface area contributed by atoms with E-state index < -0.39 is 6.10 Å². The van der Waals surface area contributed by atoms with Crippen molar-refractivity contribution in [1.82, 2.24) is 0 Å². The second-order valence-corrected chi connectivity index (χ2v) is 11.1. The van der Waals surface area contributed by atoms with Crippen molar-refractivity contribution in [3.8, 4) is 0 Å². The smallest absolute Gasteiger partial charge is 0.338 e. The third-order valence-corrected chi connectivity index (χ3v) is 9.56. The Bertz CT molecular complexity index is 983. The molecule has 3 fully saturated rings. The maximum atomic E-state index is 12.8. The van der Waals surface area contributed by atoms with Gasteiger partial charge in [0.15, 0.2) is 11.9 Å². The minimum absolute atomic E-state index is 0.0156. The highest BCUT2D eigenvalue weighted by molar-refractivity contribution is 5.96. The number of ether oxygens (including phenoxy) is 2. The molecule has 3 saturated carbocycles. The average molecular weight is 451 g/mol. The zero-order valence-electron chi connectivity index (χ0n) is 19.8. The van der Waals surface area contributed by atoms with Crippen molar-refractivity contribution in [2.75, 3.05) is 0 Å². The molecule has 4 aliphatic rings. The van der Waals surface area contributed by atoms with Crippen molar-refractivity contribution in [3.05, 3.63) is 48.0 Å². The topological polar surface area (TPSA) is 69.7 Å². The van der Waals surface area contributed by atoms with Crippen LogP contribution in [0.2, 0.25) is 0 Å². The normalized spacial score (nSPS) is 41.5. The molecule has 0 unspecified atom stereocenters. The number of benzene rings is 1. The van der Waals surface area contributed by atoms with Crippen LogP contribution in [0.15, 0.2) is 42.5 Å². The molecular formula is C28H34O5. The Morgan fingerprint density at radius 2 is 1.64 bits per heavy atom. The number of rotatable bonds is 3. The molecule has 0 spiro atoms. The Balaban J connectivity index is 1.37. The van der Waals surface area contributed by atoms with Gasteiger partial charge in [0, 0.05) is 18.3 Å². The first-order chi connectivity index (χ1) is 15.7.